The Balaban J connectivity index is 2.09. The van der Waals surface area contributed by atoms with Gasteiger partial charge < -0.3 is 9.69 Å². The highest BCUT2D eigenvalue weighted by Crippen LogP contribution is 2.20. The molecule has 0 bridgehead atoms. The Labute approximate surface area is 98.6 Å². The van der Waals surface area contributed by atoms with E-state index in [1.807, 2.05) is 0 Å². The van der Waals surface area contributed by atoms with Gasteiger partial charge in [0.25, 0.3) is 0 Å². The average molecular weight is 236 g/mol. The molecule has 1 fully saturated rings. The van der Waals surface area contributed by atoms with Crippen molar-refractivity contribution in [2.45, 2.75) is 6.42 Å². The molecule has 1 aromatic rings. The van der Waals surface area contributed by atoms with Crippen molar-refractivity contribution in [2.24, 2.45) is 0 Å². The molecule has 90 valence electrons. The number of urea groups is 1. The Kier molecular flexibility index (Phi) is 3.37. The van der Waals surface area contributed by atoms with Gasteiger partial charge >= 0.3 is 6.03 Å². The lowest BCUT2D eigenvalue weighted by molar-refractivity contribution is -0.108. The summed E-state index contributed by atoms with van der Waals surface area (Å²) in [6.45, 7) is 1.53. The lowest BCUT2D eigenvalue weighted by Crippen LogP contribution is -2.32. The summed E-state index contributed by atoms with van der Waals surface area (Å²) in [7, 11) is 0. The van der Waals surface area contributed by atoms with Crippen molar-refractivity contribution in [1.82, 2.24) is 4.90 Å². The molecule has 1 aliphatic heterocycles. The lowest BCUT2D eigenvalue weighted by atomic mass is 10.3. The van der Waals surface area contributed by atoms with E-state index in [2.05, 4.69) is 0 Å². The highest BCUT2D eigenvalue weighted by Gasteiger charge is 2.28. The minimum Gasteiger partial charge on any atom is -0.322 e. The molecule has 4 nitrogen and oxygen atoms in total. The van der Waals surface area contributed by atoms with E-state index in [-0.39, 0.29) is 11.8 Å². The van der Waals surface area contributed by atoms with Crippen LogP contribution in [-0.4, -0.2) is 36.9 Å². The summed E-state index contributed by atoms with van der Waals surface area (Å²) in [6.07, 6.45) is 1.13. The molecule has 17 heavy (non-hydrogen) atoms. The van der Waals surface area contributed by atoms with Crippen LogP contribution >= 0.6 is 0 Å². The maximum Gasteiger partial charge on any atom is 0.324 e. The normalized spacial score (nSPS) is 15.5. The summed E-state index contributed by atoms with van der Waals surface area (Å²) in [6, 6.07) is 5.78. The van der Waals surface area contributed by atoms with Crippen LogP contribution in [0, 0.1) is 5.82 Å². The first-order valence-corrected chi connectivity index (χ1v) is 5.48. The highest BCUT2D eigenvalue weighted by atomic mass is 19.1. The molecular formula is C12H13FN2O2. The molecule has 0 N–H and O–H groups in total. The first-order chi connectivity index (χ1) is 8.22. The zero-order chi connectivity index (χ0) is 12.3. The van der Waals surface area contributed by atoms with Gasteiger partial charge in [-0.15, -0.1) is 0 Å². The number of halogens is 1. The van der Waals surface area contributed by atoms with Crippen LogP contribution in [0.3, 0.4) is 0 Å². The Bertz CT molecular complexity index is 436. The van der Waals surface area contributed by atoms with Crippen molar-refractivity contribution in [3.63, 3.8) is 0 Å². The average Bonchev–Trinajstić information content (AvgIpc) is 2.68. The van der Waals surface area contributed by atoms with E-state index in [1.54, 1.807) is 17.0 Å². The van der Waals surface area contributed by atoms with Crippen molar-refractivity contribution in [1.29, 1.82) is 0 Å². The van der Waals surface area contributed by atoms with E-state index in [4.69, 9.17) is 0 Å². The van der Waals surface area contributed by atoms with Crippen LogP contribution < -0.4 is 4.90 Å². The molecule has 0 radical (unpaired) electrons. The number of aldehydes is 1. The predicted molar refractivity (Wildman–Crippen MR) is 61.4 cm³/mol. The fourth-order valence-corrected chi connectivity index (χ4v) is 1.88. The minimum atomic E-state index is -0.360. The fraction of sp³-hybridized carbons (Fsp3) is 0.333. The van der Waals surface area contributed by atoms with Crippen LogP contribution in [0.5, 0.6) is 0 Å². The summed E-state index contributed by atoms with van der Waals surface area (Å²) in [5.74, 6) is -0.360. The molecule has 1 heterocycles. The van der Waals surface area contributed by atoms with E-state index < -0.39 is 0 Å². The number of carbonyl (C=O) groups is 2. The van der Waals surface area contributed by atoms with Gasteiger partial charge in [-0.05, 0) is 18.2 Å². The Morgan fingerprint density at radius 3 is 2.88 bits per heavy atom. The van der Waals surface area contributed by atoms with E-state index >= 15 is 0 Å². The van der Waals surface area contributed by atoms with Crippen LogP contribution in [0.1, 0.15) is 6.42 Å². The second-order valence-electron chi connectivity index (χ2n) is 3.86. The van der Waals surface area contributed by atoms with Crippen molar-refractivity contribution in [2.75, 3.05) is 24.5 Å². The van der Waals surface area contributed by atoms with Gasteiger partial charge in [0.05, 0.1) is 0 Å². The van der Waals surface area contributed by atoms with Crippen LogP contribution in [0.25, 0.3) is 0 Å². The zero-order valence-corrected chi connectivity index (χ0v) is 9.30. The maximum absolute atomic E-state index is 13.0. The molecule has 1 aliphatic rings. The van der Waals surface area contributed by atoms with E-state index in [9.17, 15) is 14.0 Å². The summed E-state index contributed by atoms with van der Waals surface area (Å²) in [5, 5.41) is 0. The van der Waals surface area contributed by atoms with E-state index in [1.165, 1.54) is 17.0 Å². The second-order valence-corrected chi connectivity index (χ2v) is 3.86. The Hall–Kier alpha value is -1.91. The third-order valence-corrected chi connectivity index (χ3v) is 2.73. The van der Waals surface area contributed by atoms with Gasteiger partial charge in [0.15, 0.2) is 0 Å². The number of nitrogens with zero attached hydrogens (tertiary/aromatic N) is 2. The van der Waals surface area contributed by atoms with Gasteiger partial charge in [-0.2, -0.15) is 0 Å². The quantitative estimate of drug-likeness (QED) is 0.746. The number of hydrogen-bond acceptors (Lipinski definition) is 2. The molecule has 1 saturated heterocycles. The number of carbonyl (C=O) groups excluding carboxylic acids is 2. The van der Waals surface area contributed by atoms with Gasteiger partial charge in [-0.1, -0.05) is 6.07 Å². The number of rotatable bonds is 4. The first kappa shape index (κ1) is 11.6. The third-order valence-electron chi connectivity index (χ3n) is 2.73. The van der Waals surface area contributed by atoms with Gasteiger partial charge in [-0.25, -0.2) is 9.18 Å². The van der Waals surface area contributed by atoms with Gasteiger partial charge in [0, 0.05) is 31.7 Å². The van der Waals surface area contributed by atoms with Crippen LogP contribution in [-0.2, 0) is 4.79 Å². The standard InChI is InChI=1S/C12H13FN2O2/c13-10-3-1-4-11(9-10)15-7-6-14(12(15)17)5-2-8-16/h1,3-4,8-9H,2,5-7H2. The van der Waals surface area contributed by atoms with Gasteiger partial charge in [0.2, 0.25) is 0 Å². The predicted octanol–water partition coefficient (Wildman–Crippen LogP) is 1.66. The van der Waals surface area contributed by atoms with Crippen LogP contribution in [0.4, 0.5) is 14.9 Å². The number of hydrogen-bond donors (Lipinski definition) is 0. The number of benzene rings is 1. The largest absolute Gasteiger partial charge is 0.324 e. The molecule has 0 unspecified atom stereocenters. The van der Waals surface area contributed by atoms with E-state index in [0.717, 1.165) is 6.29 Å². The molecule has 0 aliphatic carbocycles. The first-order valence-electron chi connectivity index (χ1n) is 5.48. The monoisotopic (exact) mass is 236 g/mol. The topological polar surface area (TPSA) is 40.6 Å². The summed E-state index contributed by atoms with van der Waals surface area (Å²) >= 11 is 0. The molecule has 0 spiro atoms. The zero-order valence-electron chi connectivity index (χ0n) is 9.30. The molecule has 5 heteroatoms. The smallest absolute Gasteiger partial charge is 0.322 e. The molecule has 0 aromatic heterocycles. The van der Waals surface area contributed by atoms with Gasteiger partial charge in [-0.3, -0.25) is 4.90 Å². The number of amides is 2. The van der Waals surface area contributed by atoms with E-state index in [0.29, 0.717) is 31.7 Å². The molecule has 0 atom stereocenters. The molecular weight excluding hydrogens is 223 g/mol. The highest BCUT2D eigenvalue weighted by molar-refractivity contribution is 5.94. The summed E-state index contributed by atoms with van der Waals surface area (Å²) in [4.78, 5) is 25.3. The van der Waals surface area contributed by atoms with Crippen molar-refractivity contribution in [3.05, 3.63) is 30.1 Å². The molecule has 0 saturated carbocycles. The van der Waals surface area contributed by atoms with Gasteiger partial charge in [0.1, 0.15) is 12.1 Å². The van der Waals surface area contributed by atoms with Crippen LogP contribution in [0.15, 0.2) is 24.3 Å². The summed E-state index contributed by atoms with van der Waals surface area (Å²) in [5.41, 5.74) is 0.559. The SMILES string of the molecule is O=CCCN1CCN(c2cccc(F)c2)C1=O. The Morgan fingerprint density at radius 1 is 1.35 bits per heavy atom. The Morgan fingerprint density at radius 2 is 2.18 bits per heavy atom. The lowest BCUT2D eigenvalue weighted by Gasteiger charge is -2.17. The summed E-state index contributed by atoms with van der Waals surface area (Å²) < 4.78 is 13.0. The minimum absolute atomic E-state index is 0.169. The number of anilines is 1. The molecule has 2 rings (SSSR count). The third kappa shape index (κ3) is 2.43. The fourth-order valence-electron chi connectivity index (χ4n) is 1.88. The maximum atomic E-state index is 13.0. The second kappa shape index (κ2) is 4.95. The van der Waals surface area contributed by atoms with Crippen LogP contribution in [0.2, 0.25) is 0 Å². The van der Waals surface area contributed by atoms with Crippen molar-refractivity contribution in [3.8, 4) is 0 Å². The van der Waals surface area contributed by atoms with Crippen molar-refractivity contribution >= 4 is 18.0 Å². The molecule has 1 aromatic carbocycles. The van der Waals surface area contributed by atoms with Crippen molar-refractivity contribution < 1.29 is 14.0 Å². The molecule has 2 amide bonds.